The first kappa shape index (κ1) is 15.6. The van der Waals surface area contributed by atoms with Crippen LogP contribution in [-0.2, 0) is 10.8 Å². The number of anilines is 1. The van der Waals surface area contributed by atoms with Crippen LogP contribution < -0.4 is 4.90 Å². The van der Waals surface area contributed by atoms with Crippen LogP contribution in [-0.4, -0.2) is 57.4 Å². The van der Waals surface area contributed by atoms with Gasteiger partial charge in [0.2, 0.25) is 0 Å². The molecule has 1 aromatic heterocycles. The normalized spacial score (nSPS) is 16.2. The predicted octanol–water partition coefficient (Wildman–Crippen LogP) is 1.18. The van der Waals surface area contributed by atoms with Crippen LogP contribution >= 0.6 is 0 Å². The summed E-state index contributed by atoms with van der Waals surface area (Å²) in [4.78, 5) is 25.6. The second kappa shape index (κ2) is 6.87. The molecule has 1 unspecified atom stereocenters. The molecule has 1 aliphatic rings. The molecule has 1 aromatic carbocycles. The Kier molecular flexibility index (Phi) is 4.66. The Balaban J connectivity index is 1.66. The monoisotopic (exact) mass is 330 g/mol. The van der Waals surface area contributed by atoms with Gasteiger partial charge < -0.3 is 9.80 Å². The Labute approximate surface area is 137 Å². The van der Waals surface area contributed by atoms with Crippen LogP contribution in [0.15, 0.2) is 47.8 Å². The molecule has 1 atom stereocenters. The molecule has 1 amide bonds. The fourth-order valence-corrected chi connectivity index (χ4v) is 3.15. The largest absolute Gasteiger partial charge is 0.352 e. The van der Waals surface area contributed by atoms with Crippen LogP contribution in [0.1, 0.15) is 10.4 Å². The molecule has 23 heavy (non-hydrogen) atoms. The minimum Gasteiger partial charge on any atom is -0.352 e. The van der Waals surface area contributed by atoms with Crippen molar-refractivity contribution in [3.63, 3.8) is 0 Å². The van der Waals surface area contributed by atoms with Gasteiger partial charge in [0.25, 0.3) is 5.91 Å². The van der Waals surface area contributed by atoms with E-state index < -0.39 is 10.8 Å². The first-order valence-corrected chi connectivity index (χ1v) is 8.94. The van der Waals surface area contributed by atoms with Gasteiger partial charge in [-0.3, -0.25) is 14.0 Å². The van der Waals surface area contributed by atoms with Crippen molar-refractivity contribution in [2.45, 2.75) is 4.90 Å². The lowest BCUT2D eigenvalue weighted by Crippen LogP contribution is -2.49. The molecule has 6 nitrogen and oxygen atoms in total. The first-order chi connectivity index (χ1) is 11.1. The molecule has 2 heterocycles. The van der Waals surface area contributed by atoms with Crippen molar-refractivity contribution in [1.82, 2.24) is 14.9 Å². The summed E-state index contributed by atoms with van der Waals surface area (Å²) >= 11 is 0. The minimum absolute atomic E-state index is 0.0175. The van der Waals surface area contributed by atoms with E-state index in [1.54, 1.807) is 49.1 Å². The van der Waals surface area contributed by atoms with Crippen molar-refractivity contribution in [2.75, 3.05) is 37.3 Å². The minimum atomic E-state index is -1.09. The summed E-state index contributed by atoms with van der Waals surface area (Å²) < 4.78 is 11.6. The molecule has 1 saturated heterocycles. The number of hydrogen-bond donors (Lipinski definition) is 0. The fraction of sp³-hybridized carbons (Fsp3) is 0.312. The topological polar surface area (TPSA) is 66.4 Å². The van der Waals surface area contributed by atoms with Gasteiger partial charge in [0, 0.05) is 66.1 Å². The molecule has 0 aliphatic carbocycles. The summed E-state index contributed by atoms with van der Waals surface area (Å²) in [5.74, 6) is 0.819. The molecule has 0 bridgehead atoms. The Morgan fingerprint density at radius 2 is 1.96 bits per heavy atom. The summed E-state index contributed by atoms with van der Waals surface area (Å²) in [7, 11) is -1.09. The number of hydrogen-bond acceptors (Lipinski definition) is 5. The lowest BCUT2D eigenvalue weighted by Gasteiger charge is -2.35. The van der Waals surface area contributed by atoms with Crippen molar-refractivity contribution < 1.29 is 9.00 Å². The number of piperazine rings is 1. The third-order valence-electron chi connectivity index (χ3n) is 3.85. The molecule has 7 heteroatoms. The van der Waals surface area contributed by atoms with Gasteiger partial charge in [-0.15, -0.1) is 0 Å². The fourth-order valence-electron chi connectivity index (χ4n) is 2.58. The van der Waals surface area contributed by atoms with E-state index in [1.807, 2.05) is 4.90 Å². The van der Waals surface area contributed by atoms with E-state index in [0.29, 0.717) is 23.5 Å². The van der Waals surface area contributed by atoms with Crippen molar-refractivity contribution in [3.8, 4) is 0 Å². The molecule has 120 valence electrons. The number of amides is 1. The van der Waals surface area contributed by atoms with Gasteiger partial charge in [-0.1, -0.05) is 6.07 Å². The van der Waals surface area contributed by atoms with Gasteiger partial charge in [0.15, 0.2) is 0 Å². The maximum atomic E-state index is 12.6. The van der Waals surface area contributed by atoms with Gasteiger partial charge in [-0.25, -0.2) is 4.98 Å². The van der Waals surface area contributed by atoms with Crippen molar-refractivity contribution in [1.29, 1.82) is 0 Å². The highest BCUT2D eigenvalue weighted by Crippen LogP contribution is 2.15. The molecule has 0 saturated carbocycles. The maximum Gasteiger partial charge on any atom is 0.254 e. The smallest absolute Gasteiger partial charge is 0.254 e. The molecule has 0 radical (unpaired) electrons. The molecule has 1 aliphatic heterocycles. The number of aromatic nitrogens is 2. The Bertz CT molecular complexity index is 715. The highest BCUT2D eigenvalue weighted by molar-refractivity contribution is 7.84. The Morgan fingerprint density at radius 3 is 2.61 bits per heavy atom. The van der Waals surface area contributed by atoms with Crippen LogP contribution in [0.2, 0.25) is 0 Å². The van der Waals surface area contributed by atoms with E-state index in [2.05, 4.69) is 14.9 Å². The van der Waals surface area contributed by atoms with Gasteiger partial charge in [0.1, 0.15) is 5.82 Å². The predicted molar refractivity (Wildman–Crippen MR) is 88.9 cm³/mol. The highest BCUT2D eigenvalue weighted by Gasteiger charge is 2.23. The Hall–Kier alpha value is -2.28. The number of rotatable bonds is 3. The second-order valence-corrected chi connectivity index (χ2v) is 6.70. The molecule has 1 fully saturated rings. The summed E-state index contributed by atoms with van der Waals surface area (Å²) in [6, 6.07) is 7.04. The lowest BCUT2D eigenvalue weighted by molar-refractivity contribution is 0.0746. The number of benzene rings is 1. The van der Waals surface area contributed by atoms with Gasteiger partial charge in [-0.2, -0.15) is 0 Å². The maximum absolute atomic E-state index is 12.6. The van der Waals surface area contributed by atoms with Crippen molar-refractivity contribution in [2.24, 2.45) is 0 Å². The average molecular weight is 330 g/mol. The number of nitrogens with zero attached hydrogens (tertiary/aromatic N) is 4. The molecule has 3 rings (SSSR count). The van der Waals surface area contributed by atoms with Crippen LogP contribution in [0, 0.1) is 0 Å². The molecule has 0 N–H and O–H groups in total. The van der Waals surface area contributed by atoms with E-state index in [9.17, 15) is 9.00 Å². The van der Waals surface area contributed by atoms with Crippen molar-refractivity contribution >= 4 is 22.5 Å². The van der Waals surface area contributed by atoms with Gasteiger partial charge >= 0.3 is 0 Å². The first-order valence-electron chi connectivity index (χ1n) is 7.39. The highest BCUT2D eigenvalue weighted by atomic mass is 32.2. The summed E-state index contributed by atoms with van der Waals surface area (Å²) in [5.41, 5.74) is 0.589. The molecule has 0 spiro atoms. The zero-order valence-electron chi connectivity index (χ0n) is 12.9. The molecular formula is C16H18N4O2S. The Morgan fingerprint density at radius 1 is 1.17 bits per heavy atom. The molecule has 2 aromatic rings. The quantitative estimate of drug-likeness (QED) is 0.845. The third kappa shape index (κ3) is 3.56. The van der Waals surface area contributed by atoms with Gasteiger partial charge in [0.05, 0.1) is 6.20 Å². The number of carbonyl (C=O) groups is 1. The van der Waals surface area contributed by atoms with E-state index in [1.165, 1.54) is 0 Å². The zero-order valence-corrected chi connectivity index (χ0v) is 13.7. The lowest BCUT2D eigenvalue weighted by atomic mass is 10.2. The zero-order chi connectivity index (χ0) is 16.2. The van der Waals surface area contributed by atoms with E-state index >= 15 is 0 Å². The summed E-state index contributed by atoms with van der Waals surface area (Å²) in [6.45, 7) is 2.72. The van der Waals surface area contributed by atoms with Crippen LogP contribution in [0.4, 0.5) is 5.82 Å². The summed E-state index contributed by atoms with van der Waals surface area (Å²) in [5, 5.41) is 0. The van der Waals surface area contributed by atoms with Gasteiger partial charge in [-0.05, 0) is 18.2 Å². The second-order valence-electron chi connectivity index (χ2n) is 5.32. The standard InChI is InChI=1S/C16H18N4O2S/c1-23(22)14-4-2-3-13(11-14)16(21)20-9-7-19(8-10-20)15-12-17-5-6-18-15/h2-6,11-12H,7-10H2,1H3. The van der Waals surface area contributed by atoms with E-state index in [4.69, 9.17) is 0 Å². The van der Waals surface area contributed by atoms with E-state index in [-0.39, 0.29) is 5.91 Å². The summed E-state index contributed by atoms with van der Waals surface area (Å²) in [6.07, 6.45) is 6.66. The average Bonchev–Trinajstić information content (AvgIpc) is 2.62. The third-order valence-corrected chi connectivity index (χ3v) is 4.77. The number of carbonyl (C=O) groups excluding carboxylic acids is 1. The SMILES string of the molecule is CS(=O)c1cccc(C(=O)N2CCN(c3cnccn3)CC2)c1. The van der Waals surface area contributed by atoms with Crippen LogP contribution in [0.5, 0.6) is 0 Å². The molecular weight excluding hydrogens is 312 g/mol. The van der Waals surface area contributed by atoms with Crippen LogP contribution in [0.25, 0.3) is 0 Å². The van der Waals surface area contributed by atoms with Crippen LogP contribution in [0.3, 0.4) is 0 Å². The van der Waals surface area contributed by atoms with E-state index in [0.717, 1.165) is 18.9 Å². The van der Waals surface area contributed by atoms with Crippen molar-refractivity contribution in [3.05, 3.63) is 48.4 Å².